The van der Waals surface area contributed by atoms with Gasteiger partial charge >= 0.3 is 0 Å². The first-order chi connectivity index (χ1) is 5.74. The molecule has 1 aromatic heterocycles. The number of imidazole rings is 1. The molecule has 0 saturated carbocycles. The van der Waals surface area contributed by atoms with Gasteiger partial charge in [0.1, 0.15) is 6.61 Å². The number of nitrogens with two attached hydrogens (primary N) is 1. The van der Waals surface area contributed by atoms with Crippen molar-refractivity contribution in [3.05, 3.63) is 18.2 Å². The average Bonchev–Trinajstić information content (AvgIpc) is 2.55. The van der Waals surface area contributed by atoms with Crippen molar-refractivity contribution in [3.63, 3.8) is 0 Å². The Morgan fingerprint density at radius 3 is 2.92 bits per heavy atom. The predicted octanol–water partition coefficient (Wildman–Crippen LogP) is -0.737. The number of H-pyrrole nitrogens is 1. The summed E-state index contributed by atoms with van der Waals surface area (Å²) in [5.41, 5.74) is 6.26. The third-order valence-electron chi connectivity index (χ3n) is 1.56. The van der Waals surface area contributed by atoms with Crippen molar-refractivity contribution < 1.29 is 9.90 Å². The van der Waals surface area contributed by atoms with Gasteiger partial charge < -0.3 is 15.8 Å². The number of aliphatic hydroxyl groups is 1. The molecule has 0 aliphatic carbocycles. The van der Waals surface area contributed by atoms with E-state index in [2.05, 4.69) is 9.97 Å². The second kappa shape index (κ2) is 5.69. The van der Waals surface area contributed by atoms with Crippen LogP contribution < -0.4 is 5.73 Å². The fraction of sp³-hybridized carbons (Fsp3) is 0.429. The minimum Gasteiger partial charge on any atom is -0.389 e. The number of hydrogen-bond acceptors (Lipinski definition) is 4. The molecule has 0 fully saturated rings. The van der Waals surface area contributed by atoms with Gasteiger partial charge in [0.15, 0.2) is 5.78 Å². The number of aliphatic hydroxyl groups excluding tert-OH is 1. The molecular formula is C7H12ClN3O2. The number of Topliss-reactive ketones (excluding diaryl/α,β-unsaturated/α-hetero) is 1. The SMILES string of the molecule is Cl.N[C@@H](Cc1cnc[nH]1)C(=O)CO. The lowest BCUT2D eigenvalue weighted by atomic mass is 10.1. The predicted molar refractivity (Wildman–Crippen MR) is 49.6 cm³/mol. The van der Waals surface area contributed by atoms with Crippen molar-refractivity contribution in [1.82, 2.24) is 9.97 Å². The summed E-state index contributed by atoms with van der Waals surface area (Å²) in [6.07, 6.45) is 3.51. The van der Waals surface area contributed by atoms with E-state index >= 15 is 0 Å². The Hall–Kier alpha value is -0.910. The molecule has 0 radical (unpaired) electrons. The number of halogens is 1. The standard InChI is InChI=1S/C7H11N3O2.ClH/c8-6(7(12)3-11)1-5-2-9-4-10-5;/h2,4,6,11H,1,3,8H2,(H,9,10);1H/t6-;/m0./s1. The summed E-state index contributed by atoms with van der Waals surface area (Å²) in [5, 5.41) is 8.48. The van der Waals surface area contributed by atoms with Gasteiger partial charge in [-0.15, -0.1) is 12.4 Å². The van der Waals surface area contributed by atoms with Gasteiger partial charge in [-0.3, -0.25) is 4.79 Å². The Kier molecular flexibility index (Phi) is 5.29. The summed E-state index contributed by atoms with van der Waals surface area (Å²) >= 11 is 0. The average molecular weight is 206 g/mol. The highest BCUT2D eigenvalue weighted by Crippen LogP contribution is 1.96. The van der Waals surface area contributed by atoms with Gasteiger partial charge in [-0.05, 0) is 0 Å². The van der Waals surface area contributed by atoms with Crippen molar-refractivity contribution in [2.24, 2.45) is 5.73 Å². The van der Waals surface area contributed by atoms with E-state index in [1.165, 1.54) is 6.33 Å². The molecule has 0 amide bonds. The lowest BCUT2D eigenvalue weighted by molar-refractivity contribution is -0.122. The first kappa shape index (κ1) is 12.1. The number of ketones is 1. The molecule has 13 heavy (non-hydrogen) atoms. The van der Waals surface area contributed by atoms with Crippen LogP contribution in [0.1, 0.15) is 5.69 Å². The number of hydrogen-bond donors (Lipinski definition) is 3. The number of carbonyl (C=O) groups is 1. The molecule has 74 valence electrons. The van der Waals surface area contributed by atoms with Gasteiger partial charge in [-0.2, -0.15) is 0 Å². The molecule has 0 aliphatic rings. The zero-order chi connectivity index (χ0) is 8.97. The van der Waals surface area contributed by atoms with Gasteiger partial charge in [0.05, 0.1) is 12.4 Å². The van der Waals surface area contributed by atoms with E-state index in [-0.39, 0.29) is 18.2 Å². The van der Waals surface area contributed by atoms with Crippen LogP contribution in [0.15, 0.2) is 12.5 Å². The van der Waals surface area contributed by atoms with Crippen molar-refractivity contribution >= 4 is 18.2 Å². The molecule has 0 aromatic carbocycles. The maximum atomic E-state index is 10.8. The Morgan fingerprint density at radius 2 is 2.46 bits per heavy atom. The first-order valence-electron chi connectivity index (χ1n) is 3.60. The summed E-state index contributed by atoms with van der Waals surface area (Å²) < 4.78 is 0. The van der Waals surface area contributed by atoms with Crippen LogP contribution in [0.3, 0.4) is 0 Å². The summed E-state index contributed by atoms with van der Waals surface area (Å²) in [6.45, 7) is -0.505. The summed E-state index contributed by atoms with van der Waals surface area (Å²) in [4.78, 5) is 17.4. The highest BCUT2D eigenvalue weighted by molar-refractivity contribution is 5.85. The third-order valence-corrected chi connectivity index (χ3v) is 1.56. The number of aromatic amines is 1. The van der Waals surface area contributed by atoms with E-state index in [4.69, 9.17) is 10.8 Å². The zero-order valence-electron chi connectivity index (χ0n) is 6.93. The number of rotatable bonds is 4. The van der Waals surface area contributed by atoms with Crippen LogP contribution in [0.5, 0.6) is 0 Å². The molecule has 1 rings (SSSR count). The lowest BCUT2D eigenvalue weighted by Gasteiger charge is -2.05. The molecular weight excluding hydrogens is 194 g/mol. The molecule has 0 bridgehead atoms. The summed E-state index contributed by atoms with van der Waals surface area (Å²) in [6, 6.07) is -0.643. The molecule has 0 unspecified atom stereocenters. The van der Waals surface area contributed by atoms with Gasteiger partial charge in [0, 0.05) is 18.3 Å². The van der Waals surface area contributed by atoms with Crippen molar-refractivity contribution in [2.75, 3.05) is 6.61 Å². The molecule has 1 heterocycles. The Balaban J connectivity index is 0.00000144. The number of aromatic nitrogens is 2. The normalized spacial score (nSPS) is 11.8. The summed E-state index contributed by atoms with van der Waals surface area (Å²) in [5.74, 6) is -0.357. The number of nitrogens with zero attached hydrogens (tertiary/aromatic N) is 1. The van der Waals surface area contributed by atoms with Gasteiger partial charge in [0.2, 0.25) is 0 Å². The highest BCUT2D eigenvalue weighted by Gasteiger charge is 2.12. The molecule has 4 N–H and O–H groups in total. The fourth-order valence-corrected chi connectivity index (χ4v) is 0.864. The highest BCUT2D eigenvalue weighted by atomic mass is 35.5. The van der Waals surface area contributed by atoms with Crippen LogP contribution in [-0.4, -0.2) is 33.5 Å². The second-order valence-corrected chi connectivity index (χ2v) is 2.51. The van der Waals surface area contributed by atoms with Crippen molar-refractivity contribution in [2.45, 2.75) is 12.5 Å². The topological polar surface area (TPSA) is 92.0 Å². The van der Waals surface area contributed by atoms with Crippen LogP contribution in [0.4, 0.5) is 0 Å². The minimum atomic E-state index is -0.643. The second-order valence-electron chi connectivity index (χ2n) is 2.51. The maximum absolute atomic E-state index is 10.8. The maximum Gasteiger partial charge on any atom is 0.175 e. The van der Waals surface area contributed by atoms with Crippen LogP contribution in [-0.2, 0) is 11.2 Å². The summed E-state index contributed by atoms with van der Waals surface area (Å²) in [7, 11) is 0. The molecule has 1 atom stereocenters. The van der Waals surface area contributed by atoms with E-state index in [0.717, 1.165) is 5.69 Å². The quantitative estimate of drug-likeness (QED) is 0.604. The molecule has 6 heteroatoms. The smallest absolute Gasteiger partial charge is 0.175 e. The Bertz CT molecular complexity index is 250. The lowest BCUT2D eigenvalue weighted by Crippen LogP contribution is -2.34. The van der Waals surface area contributed by atoms with E-state index < -0.39 is 12.6 Å². The van der Waals surface area contributed by atoms with Crippen LogP contribution in [0.25, 0.3) is 0 Å². The zero-order valence-corrected chi connectivity index (χ0v) is 7.75. The van der Waals surface area contributed by atoms with Crippen LogP contribution in [0, 0.1) is 0 Å². The van der Waals surface area contributed by atoms with E-state index in [1.54, 1.807) is 6.20 Å². The molecule has 0 saturated heterocycles. The number of nitrogens with one attached hydrogen (secondary N) is 1. The minimum absolute atomic E-state index is 0. The largest absolute Gasteiger partial charge is 0.389 e. The molecule has 0 spiro atoms. The van der Waals surface area contributed by atoms with Gasteiger partial charge in [-0.1, -0.05) is 0 Å². The van der Waals surface area contributed by atoms with Crippen LogP contribution >= 0.6 is 12.4 Å². The van der Waals surface area contributed by atoms with E-state index in [1.807, 2.05) is 0 Å². The molecule has 1 aromatic rings. The first-order valence-corrected chi connectivity index (χ1v) is 3.60. The third kappa shape index (κ3) is 3.54. The monoisotopic (exact) mass is 205 g/mol. The van der Waals surface area contributed by atoms with E-state index in [9.17, 15) is 4.79 Å². The fourth-order valence-electron chi connectivity index (χ4n) is 0.864. The van der Waals surface area contributed by atoms with Gasteiger partial charge in [0.25, 0.3) is 0 Å². The van der Waals surface area contributed by atoms with Gasteiger partial charge in [-0.25, -0.2) is 4.98 Å². The van der Waals surface area contributed by atoms with Crippen molar-refractivity contribution in [3.8, 4) is 0 Å². The molecule has 0 aliphatic heterocycles. The van der Waals surface area contributed by atoms with Crippen molar-refractivity contribution in [1.29, 1.82) is 0 Å². The number of carbonyl (C=O) groups excluding carboxylic acids is 1. The van der Waals surface area contributed by atoms with E-state index in [0.29, 0.717) is 6.42 Å². The Labute approximate surface area is 81.8 Å². The molecule has 5 nitrogen and oxygen atoms in total. The van der Waals surface area contributed by atoms with Crippen LogP contribution in [0.2, 0.25) is 0 Å². The Morgan fingerprint density at radius 1 is 1.77 bits per heavy atom.